The molecule has 1 fully saturated rings. The number of nitrogens with zero attached hydrogens (tertiary/aromatic N) is 2. The average Bonchev–Trinajstić information content (AvgIpc) is 2.55. The van der Waals surface area contributed by atoms with E-state index >= 15 is 0 Å². The number of guanidine groups is 1. The molecule has 1 spiro atoms. The predicted molar refractivity (Wildman–Crippen MR) is 65.5 cm³/mol. The summed E-state index contributed by atoms with van der Waals surface area (Å²) in [6, 6.07) is 0.469. The smallest absolute Gasteiger partial charge is 0.192 e. The van der Waals surface area contributed by atoms with E-state index in [1.165, 1.54) is 0 Å². The van der Waals surface area contributed by atoms with Crippen LogP contribution >= 0.6 is 0 Å². The van der Waals surface area contributed by atoms with E-state index in [2.05, 4.69) is 30.7 Å². The lowest BCUT2D eigenvalue weighted by Gasteiger charge is -2.46. The minimum atomic E-state index is 0.136. The quantitative estimate of drug-likeness (QED) is 0.772. The maximum absolute atomic E-state index is 6.04. The summed E-state index contributed by atoms with van der Waals surface area (Å²) in [6.45, 7) is 8.25. The van der Waals surface area contributed by atoms with Gasteiger partial charge in [-0.15, -0.1) is 0 Å². The van der Waals surface area contributed by atoms with Gasteiger partial charge in [-0.1, -0.05) is 6.92 Å². The highest BCUT2D eigenvalue weighted by Gasteiger charge is 2.46. The second kappa shape index (κ2) is 4.24. The molecule has 2 rings (SSSR count). The molecule has 0 bridgehead atoms. The summed E-state index contributed by atoms with van der Waals surface area (Å²) in [6.07, 6.45) is 3.52. The van der Waals surface area contributed by atoms with E-state index < -0.39 is 0 Å². The summed E-state index contributed by atoms with van der Waals surface area (Å²) < 4.78 is 5.64. The fourth-order valence-electron chi connectivity index (χ4n) is 3.01. The minimum absolute atomic E-state index is 0.136. The Labute approximate surface area is 97.9 Å². The van der Waals surface area contributed by atoms with Gasteiger partial charge in [0.2, 0.25) is 0 Å². The Balaban J connectivity index is 2.20. The molecule has 3 unspecified atom stereocenters. The van der Waals surface area contributed by atoms with Crippen molar-refractivity contribution in [2.45, 2.75) is 57.7 Å². The normalized spacial score (nSPS) is 36.6. The van der Waals surface area contributed by atoms with Gasteiger partial charge in [0.1, 0.15) is 0 Å². The highest BCUT2D eigenvalue weighted by atomic mass is 16.5. The van der Waals surface area contributed by atoms with Crippen LogP contribution < -0.4 is 5.73 Å². The van der Waals surface area contributed by atoms with E-state index in [1.807, 2.05) is 0 Å². The Morgan fingerprint density at radius 2 is 2.44 bits per heavy atom. The first-order valence-corrected chi connectivity index (χ1v) is 6.30. The number of hydrogen-bond acceptors (Lipinski definition) is 4. The number of aliphatic imine (C=N–C) groups is 1. The van der Waals surface area contributed by atoms with Gasteiger partial charge in [0, 0.05) is 12.6 Å². The summed E-state index contributed by atoms with van der Waals surface area (Å²) in [5, 5.41) is 0. The summed E-state index contributed by atoms with van der Waals surface area (Å²) >= 11 is 0. The maximum Gasteiger partial charge on any atom is 0.192 e. The summed E-state index contributed by atoms with van der Waals surface area (Å²) in [4.78, 5) is 6.80. The summed E-state index contributed by atoms with van der Waals surface area (Å²) in [5.74, 6) is 0.725. The molecule has 0 aromatic rings. The minimum Gasteiger partial charge on any atom is -0.378 e. The van der Waals surface area contributed by atoms with Crippen LogP contribution in [0.25, 0.3) is 0 Å². The van der Waals surface area contributed by atoms with Crippen molar-refractivity contribution in [1.29, 1.82) is 0 Å². The van der Waals surface area contributed by atoms with Gasteiger partial charge in [0.05, 0.1) is 18.2 Å². The van der Waals surface area contributed by atoms with Crippen molar-refractivity contribution in [2.24, 2.45) is 10.7 Å². The molecule has 0 radical (unpaired) electrons. The van der Waals surface area contributed by atoms with E-state index in [0.29, 0.717) is 12.1 Å². The van der Waals surface area contributed by atoms with Gasteiger partial charge in [-0.25, -0.2) is 0 Å². The first kappa shape index (κ1) is 11.7. The average molecular weight is 225 g/mol. The molecule has 0 aromatic carbocycles. The van der Waals surface area contributed by atoms with E-state index in [0.717, 1.165) is 38.4 Å². The van der Waals surface area contributed by atoms with Gasteiger partial charge in [-0.2, -0.15) is 0 Å². The number of nitrogens with two attached hydrogens (primary N) is 1. The second-order valence-electron chi connectivity index (χ2n) is 5.16. The molecule has 0 saturated carbocycles. The first-order valence-electron chi connectivity index (χ1n) is 6.30. The van der Waals surface area contributed by atoms with Crippen molar-refractivity contribution in [3.63, 3.8) is 0 Å². The third kappa shape index (κ3) is 1.79. The van der Waals surface area contributed by atoms with Crippen LogP contribution in [-0.2, 0) is 4.74 Å². The first-order chi connectivity index (χ1) is 7.59. The molecule has 0 amide bonds. The van der Waals surface area contributed by atoms with Crippen LogP contribution in [0.1, 0.15) is 40.0 Å². The maximum atomic E-state index is 6.04. The van der Waals surface area contributed by atoms with Crippen molar-refractivity contribution in [3.05, 3.63) is 0 Å². The molecular formula is C12H23N3O. The number of hydrogen-bond donors (Lipinski definition) is 1. The predicted octanol–water partition coefficient (Wildman–Crippen LogP) is 1.35. The largest absolute Gasteiger partial charge is 0.378 e. The van der Waals surface area contributed by atoms with Gasteiger partial charge in [0.15, 0.2) is 5.96 Å². The van der Waals surface area contributed by atoms with Crippen LogP contribution in [-0.4, -0.2) is 41.7 Å². The Morgan fingerprint density at radius 1 is 1.69 bits per heavy atom. The molecule has 4 heteroatoms. The molecule has 0 aliphatic carbocycles. The van der Waals surface area contributed by atoms with E-state index in [-0.39, 0.29) is 5.54 Å². The summed E-state index contributed by atoms with van der Waals surface area (Å²) in [7, 11) is 0. The Bertz CT molecular complexity index is 292. The van der Waals surface area contributed by atoms with Crippen molar-refractivity contribution >= 4 is 5.96 Å². The SMILES string of the molecule is CCC(C)N1C(N)=NCC12CCOC(C)C2. The van der Waals surface area contributed by atoms with Crippen LogP contribution in [0, 0.1) is 0 Å². The van der Waals surface area contributed by atoms with E-state index in [4.69, 9.17) is 10.5 Å². The zero-order chi connectivity index (χ0) is 11.8. The third-order valence-electron chi connectivity index (χ3n) is 3.96. The number of ether oxygens (including phenoxy) is 1. The van der Waals surface area contributed by atoms with E-state index in [1.54, 1.807) is 0 Å². The van der Waals surface area contributed by atoms with Crippen molar-refractivity contribution < 1.29 is 4.74 Å². The molecule has 16 heavy (non-hydrogen) atoms. The van der Waals surface area contributed by atoms with Gasteiger partial charge < -0.3 is 15.4 Å². The molecule has 3 atom stereocenters. The molecule has 0 aromatic heterocycles. The number of rotatable bonds is 2. The fraction of sp³-hybridized carbons (Fsp3) is 0.917. The van der Waals surface area contributed by atoms with Gasteiger partial charge >= 0.3 is 0 Å². The molecule has 2 aliphatic rings. The Kier molecular flexibility index (Phi) is 3.10. The van der Waals surface area contributed by atoms with Crippen molar-refractivity contribution in [1.82, 2.24) is 4.90 Å². The topological polar surface area (TPSA) is 50.8 Å². The Hall–Kier alpha value is -0.770. The van der Waals surface area contributed by atoms with Crippen LogP contribution in [0.4, 0.5) is 0 Å². The monoisotopic (exact) mass is 225 g/mol. The lowest BCUT2D eigenvalue weighted by atomic mass is 9.85. The van der Waals surface area contributed by atoms with Crippen LogP contribution in [0.5, 0.6) is 0 Å². The van der Waals surface area contributed by atoms with E-state index in [9.17, 15) is 0 Å². The van der Waals surface area contributed by atoms with Gasteiger partial charge in [0.25, 0.3) is 0 Å². The lowest BCUT2D eigenvalue weighted by molar-refractivity contribution is -0.0457. The molecule has 4 nitrogen and oxygen atoms in total. The van der Waals surface area contributed by atoms with Crippen molar-refractivity contribution in [2.75, 3.05) is 13.2 Å². The van der Waals surface area contributed by atoms with Gasteiger partial charge in [-0.05, 0) is 33.1 Å². The second-order valence-corrected chi connectivity index (χ2v) is 5.16. The molecule has 2 heterocycles. The van der Waals surface area contributed by atoms with Crippen LogP contribution in [0.15, 0.2) is 4.99 Å². The molecular weight excluding hydrogens is 202 g/mol. The van der Waals surface area contributed by atoms with Crippen LogP contribution in [0.2, 0.25) is 0 Å². The standard InChI is InChI=1S/C12H23N3O/c1-4-9(2)15-11(13)14-8-12(15)5-6-16-10(3)7-12/h9-10H,4-8H2,1-3H3,(H2,13,14). The lowest BCUT2D eigenvalue weighted by Crippen LogP contribution is -2.58. The molecule has 2 N–H and O–H groups in total. The van der Waals surface area contributed by atoms with Crippen LogP contribution in [0.3, 0.4) is 0 Å². The Morgan fingerprint density at radius 3 is 3.06 bits per heavy atom. The molecule has 2 aliphatic heterocycles. The van der Waals surface area contributed by atoms with Crippen molar-refractivity contribution in [3.8, 4) is 0 Å². The zero-order valence-electron chi connectivity index (χ0n) is 10.6. The third-order valence-corrected chi connectivity index (χ3v) is 3.96. The zero-order valence-corrected chi connectivity index (χ0v) is 10.6. The molecule has 1 saturated heterocycles. The fourth-order valence-corrected chi connectivity index (χ4v) is 3.01. The molecule has 92 valence electrons. The van der Waals surface area contributed by atoms with Gasteiger partial charge in [-0.3, -0.25) is 4.99 Å². The highest BCUT2D eigenvalue weighted by Crippen LogP contribution is 2.36. The summed E-state index contributed by atoms with van der Waals surface area (Å²) in [5.41, 5.74) is 6.18. The highest BCUT2D eigenvalue weighted by molar-refractivity contribution is 5.81.